The summed E-state index contributed by atoms with van der Waals surface area (Å²) in [6.45, 7) is 2.02. The van der Waals surface area contributed by atoms with E-state index < -0.39 is 0 Å². The van der Waals surface area contributed by atoms with Crippen LogP contribution in [0.3, 0.4) is 0 Å². The van der Waals surface area contributed by atoms with Crippen LogP contribution in [0, 0.1) is 0 Å². The molecular weight excluding hydrogens is 168 g/mol. The van der Waals surface area contributed by atoms with Crippen LogP contribution in [-0.4, -0.2) is 9.97 Å². The highest BCUT2D eigenvalue weighted by Gasteiger charge is 2.02. The number of ether oxygens (including phenoxy) is 1. The predicted octanol–water partition coefficient (Wildman–Crippen LogP) is 2.36. The standard InChI is InChI=1S/C9H10N2O2/c1-2-7-5-8(6-12-7)13-9-10-3-4-11-9/h3-6H,2H2,1H3,(H,10,11). The van der Waals surface area contributed by atoms with Gasteiger partial charge in [0.2, 0.25) is 0 Å². The van der Waals surface area contributed by atoms with Crippen LogP contribution in [0.5, 0.6) is 11.8 Å². The SMILES string of the molecule is CCc1cc(Oc2ncc[nH]2)co1. The summed E-state index contributed by atoms with van der Waals surface area (Å²) in [5.74, 6) is 1.58. The lowest BCUT2D eigenvalue weighted by atomic mass is 10.4. The van der Waals surface area contributed by atoms with Crippen LogP contribution >= 0.6 is 0 Å². The van der Waals surface area contributed by atoms with E-state index in [0.717, 1.165) is 12.2 Å². The van der Waals surface area contributed by atoms with Crippen LogP contribution in [0.2, 0.25) is 0 Å². The number of furan rings is 1. The Balaban J connectivity index is 2.10. The Morgan fingerprint density at radius 2 is 2.54 bits per heavy atom. The molecule has 2 rings (SSSR count). The van der Waals surface area contributed by atoms with Crippen LogP contribution in [0.1, 0.15) is 12.7 Å². The van der Waals surface area contributed by atoms with E-state index in [9.17, 15) is 0 Å². The number of H-pyrrole nitrogens is 1. The van der Waals surface area contributed by atoms with Crippen molar-refractivity contribution in [1.29, 1.82) is 0 Å². The fourth-order valence-corrected chi connectivity index (χ4v) is 1.02. The van der Waals surface area contributed by atoms with Gasteiger partial charge in [0, 0.05) is 24.9 Å². The number of imidazole rings is 1. The minimum Gasteiger partial charge on any atom is -0.465 e. The van der Waals surface area contributed by atoms with Crippen molar-refractivity contribution in [2.24, 2.45) is 0 Å². The van der Waals surface area contributed by atoms with Gasteiger partial charge in [-0.1, -0.05) is 6.92 Å². The highest BCUT2D eigenvalue weighted by Crippen LogP contribution is 2.20. The molecule has 0 aliphatic rings. The molecule has 0 aliphatic heterocycles. The summed E-state index contributed by atoms with van der Waals surface area (Å²) in [7, 11) is 0. The van der Waals surface area contributed by atoms with E-state index in [1.165, 1.54) is 0 Å². The maximum absolute atomic E-state index is 5.34. The summed E-state index contributed by atoms with van der Waals surface area (Å²) < 4.78 is 10.5. The first-order chi connectivity index (χ1) is 6.38. The van der Waals surface area contributed by atoms with Gasteiger partial charge in [0.05, 0.1) is 0 Å². The fraction of sp³-hybridized carbons (Fsp3) is 0.222. The number of hydrogen-bond acceptors (Lipinski definition) is 3. The molecule has 2 aromatic rings. The van der Waals surface area contributed by atoms with Gasteiger partial charge >= 0.3 is 0 Å². The summed E-state index contributed by atoms with van der Waals surface area (Å²) in [5, 5.41) is 0. The molecule has 0 aromatic carbocycles. The molecule has 0 spiro atoms. The molecule has 13 heavy (non-hydrogen) atoms. The molecule has 0 aliphatic carbocycles. The Hall–Kier alpha value is -1.71. The van der Waals surface area contributed by atoms with Crippen LogP contribution < -0.4 is 4.74 Å². The fourth-order valence-electron chi connectivity index (χ4n) is 1.02. The molecule has 4 heteroatoms. The molecule has 0 amide bonds. The lowest BCUT2D eigenvalue weighted by Gasteiger charge is -1.94. The second-order valence-electron chi connectivity index (χ2n) is 2.60. The summed E-state index contributed by atoms with van der Waals surface area (Å²) >= 11 is 0. The van der Waals surface area contributed by atoms with Crippen molar-refractivity contribution in [3.8, 4) is 11.8 Å². The molecule has 0 fully saturated rings. The van der Waals surface area contributed by atoms with Crippen LogP contribution in [0.4, 0.5) is 0 Å². The third kappa shape index (κ3) is 1.72. The molecule has 2 aromatic heterocycles. The van der Waals surface area contributed by atoms with Crippen molar-refractivity contribution in [2.75, 3.05) is 0 Å². The molecular formula is C9H10N2O2. The topological polar surface area (TPSA) is 51.0 Å². The largest absolute Gasteiger partial charge is 0.465 e. The quantitative estimate of drug-likeness (QED) is 0.784. The van der Waals surface area contributed by atoms with E-state index in [1.54, 1.807) is 18.7 Å². The number of nitrogens with one attached hydrogen (secondary N) is 1. The Bertz CT molecular complexity index is 365. The van der Waals surface area contributed by atoms with Gasteiger partial charge in [-0.05, 0) is 0 Å². The smallest absolute Gasteiger partial charge is 0.299 e. The van der Waals surface area contributed by atoms with Crippen molar-refractivity contribution < 1.29 is 9.15 Å². The average Bonchev–Trinajstić information content (AvgIpc) is 2.76. The van der Waals surface area contributed by atoms with E-state index in [2.05, 4.69) is 9.97 Å². The number of hydrogen-bond donors (Lipinski definition) is 1. The van der Waals surface area contributed by atoms with E-state index in [-0.39, 0.29) is 0 Å². The van der Waals surface area contributed by atoms with Crippen molar-refractivity contribution >= 4 is 0 Å². The molecule has 0 bridgehead atoms. The second kappa shape index (κ2) is 3.35. The molecule has 0 saturated carbocycles. The highest BCUT2D eigenvalue weighted by atomic mass is 16.5. The molecule has 0 atom stereocenters. The number of rotatable bonds is 3. The van der Waals surface area contributed by atoms with Crippen molar-refractivity contribution in [3.63, 3.8) is 0 Å². The summed E-state index contributed by atoms with van der Waals surface area (Å²) in [4.78, 5) is 6.77. The zero-order chi connectivity index (χ0) is 9.10. The predicted molar refractivity (Wildman–Crippen MR) is 46.7 cm³/mol. The van der Waals surface area contributed by atoms with Crippen molar-refractivity contribution in [2.45, 2.75) is 13.3 Å². The molecule has 0 radical (unpaired) electrons. The maximum atomic E-state index is 5.34. The molecule has 0 unspecified atom stereocenters. The molecule has 68 valence electrons. The van der Waals surface area contributed by atoms with Gasteiger partial charge < -0.3 is 14.1 Å². The van der Waals surface area contributed by atoms with Crippen LogP contribution in [-0.2, 0) is 6.42 Å². The van der Waals surface area contributed by atoms with Gasteiger partial charge in [-0.25, -0.2) is 4.98 Å². The number of nitrogens with zero attached hydrogens (tertiary/aromatic N) is 1. The Kier molecular flexibility index (Phi) is 2.04. The van der Waals surface area contributed by atoms with E-state index in [1.807, 2.05) is 13.0 Å². The first-order valence-electron chi connectivity index (χ1n) is 4.13. The lowest BCUT2D eigenvalue weighted by molar-refractivity contribution is 0.433. The zero-order valence-corrected chi connectivity index (χ0v) is 7.28. The Morgan fingerprint density at radius 1 is 1.62 bits per heavy atom. The number of aromatic nitrogens is 2. The van der Waals surface area contributed by atoms with Gasteiger partial charge in [-0.3, -0.25) is 0 Å². The molecule has 4 nitrogen and oxygen atoms in total. The minimum atomic E-state index is 0.475. The minimum absolute atomic E-state index is 0.475. The summed E-state index contributed by atoms with van der Waals surface area (Å²) in [6, 6.07) is 2.33. The summed E-state index contributed by atoms with van der Waals surface area (Å²) in [5.41, 5.74) is 0. The Morgan fingerprint density at radius 3 is 3.15 bits per heavy atom. The molecule has 2 heterocycles. The first kappa shape index (κ1) is 7.91. The maximum Gasteiger partial charge on any atom is 0.299 e. The third-order valence-corrected chi connectivity index (χ3v) is 1.67. The Labute approximate surface area is 75.6 Å². The second-order valence-corrected chi connectivity index (χ2v) is 2.60. The highest BCUT2D eigenvalue weighted by molar-refractivity contribution is 5.22. The third-order valence-electron chi connectivity index (χ3n) is 1.67. The number of aromatic amines is 1. The van der Waals surface area contributed by atoms with Gasteiger partial charge in [-0.15, -0.1) is 0 Å². The molecule has 0 saturated heterocycles. The van der Waals surface area contributed by atoms with Crippen LogP contribution in [0.25, 0.3) is 0 Å². The normalized spacial score (nSPS) is 10.2. The van der Waals surface area contributed by atoms with Gasteiger partial charge in [-0.2, -0.15) is 0 Å². The number of aryl methyl sites for hydroxylation is 1. The van der Waals surface area contributed by atoms with E-state index in [0.29, 0.717) is 11.8 Å². The van der Waals surface area contributed by atoms with Crippen molar-refractivity contribution in [1.82, 2.24) is 9.97 Å². The van der Waals surface area contributed by atoms with Crippen LogP contribution in [0.15, 0.2) is 29.1 Å². The molecule has 1 N–H and O–H groups in total. The first-order valence-corrected chi connectivity index (χ1v) is 4.13. The van der Waals surface area contributed by atoms with Gasteiger partial charge in [0.25, 0.3) is 6.01 Å². The lowest BCUT2D eigenvalue weighted by Crippen LogP contribution is -1.82. The average molecular weight is 178 g/mol. The van der Waals surface area contributed by atoms with Gasteiger partial charge in [0.1, 0.15) is 12.0 Å². The summed E-state index contributed by atoms with van der Waals surface area (Å²) in [6.07, 6.45) is 5.77. The van der Waals surface area contributed by atoms with E-state index in [4.69, 9.17) is 9.15 Å². The van der Waals surface area contributed by atoms with Gasteiger partial charge in [0.15, 0.2) is 5.75 Å². The zero-order valence-electron chi connectivity index (χ0n) is 7.28. The monoisotopic (exact) mass is 178 g/mol. The van der Waals surface area contributed by atoms with Crippen molar-refractivity contribution in [3.05, 3.63) is 30.5 Å². The van der Waals surface area contributed by atoms with E-state index >= 15 is 0 Å².